The molecule has 13 rings (SSSR count). The Morgan fingerprint density at radius 2 is 0.697 bits per heavy atom. The molecule has 0 saturated carbocycles. The molecule has 0 fully saturated rings. The van der Waals surface area contributed by atoms with Gasteiger partial charge in [0.25, 0.3) is 0 Å². The van der Waals surface area contributed by atoms with Gasteiger partial charge in [-0.3, -0.25) is 9.97 Å². The van der Waals surface area contributed by atoms with Crippen LogP contribution in [0.25, 0.3) is 111 Å². The number of fused-ring (bicyclic) bond motifs is 9. The van der Waals surface area contributed by atoms with Crippen LogP contribution < -0.4 is 4.98 Å². The van der Waals surface area contributed by atoms with Crippen molar-refractivity contribution in [3.05, 3.63) is 223 Å². The van der Waals surface area contributed by atoms with E-state index in [4.69, 9.17) is 19.9 Å². The van der Waals surface area contributed by atoms with Gasteiger partial charge in [-0.25, -0.2) is 0 Å². The van der Waals surface area contributed by atoms with Crippen molar-refractivity contribution in [2.45, 2.75) is 78.6 Å². The van der Waals surface area contributed by atoms with E-state index in [2.05, 4.69) is 266 Å². The van der Waals surface area contributed by atoms with E-state index in [0.29, 0.717) is 17.5 Å². The largest absolute Gasteiger partial charge is 3.00 e. The van der Waals surface area contributed by atoms with Crippen LogP contribution in [0.15, 0.2) is 194 Å². The van der Waals surface area contributed by atoms with Crippen molar-refractivity contribution in [2.75, 3.05) is 0 Å². The van der Waals surface area contributed by atoms with Crippen LogP contribution in [0.1, 0.15) is 79.0 Å². The fourth-order valence-electron chi connectivity index (χ4n) is 10.4. The number of benzene rings is 9. The normalized spacial score (nSPS) is 12.2. The van der Waals surface area contributed by atoms with Gasteiger partial charge in [0.2, 0.25) is 0 Å². The van der Waals surface area contributed by atoms with Gasteiger partial charge in [0, 0.05) is 38.5 Å². The molecule has 4 heterocycles. The first-order valence-electron chi connectivity index (χ1n) is 26.0. The topological polar surface area (TPSA) is 62.6 Å². The molecule has 0 radical (unpaired) electrons. The first kappa shape index (κ1) is 50.3. The predicted octanol–water partition coefficient (Wildman–Crippen LogP) is 17.5. The van der Waals surface area contributed by atoms with Crippen LogP contribution >= 0.6 is 0 Å². The number of rotatable bonds is 5. The van der Waals surface area contributed by atoms with E-state index in [1.54, 1.807) is 0 Å². The molecule has 0 aliphatic carbocycles. The molecule has 0 atom stereocenters. The SMILES string of the molecule is CC(C)(C)c1c[c-]c(-c2nc(-c3[c-]cc(C(C)(C)C)cc3)nc(-c3ccc(C(C)(C)C)cc3)n2)cc1.[Au+3].c1ccc2c(c1)c1ccccc1n2-c1ccc2[n-]c3ccc(-n4c5ccccc5c5ccccc54)cc3c2c1. The number of nitrogens with zero attached hydrogens (tertiary/aromatic N) is 6. The Morgan fingerprint density at radius 1 is 0.355 bits per heavy atom. The Bertz CT molecular complexity index is 3810. The predicted molar refractivity (Wildman–Crippen MR) is 313 cm³/mol. The monoisotopic (exact) mass is 1170 g/mol. The fraction of sp³-hybridized carbons (Fsp3) is 0.174. The average Bonchev–Trinajstić information content (AvgIpc) is 4.11. The summed E-state index contributed by atoms with van der Waals surface area (Å²) in [5, 5.41) is 7.43. The van der Waals surface area contributed by atoms with Gasteiger partial charge in [0.15, 0.2) is 0 Å². The van der Waals surface area contributed by atoms with Gasteiger partial charge < -0.3 is 19.1 Å². The Morgan fingerprint density at radius 3 is 1.04 bits per heavy atom. The van der Waals surface area contributed by atoms with Gasteiger partial charge in [-0.05, 0) is 81.1 Å². The third kappa shape index (κ3) is 9.25. The van der Waals surface area contributed by atoms with Crippen molar-refractivity contribution >= 4 is 65.4 Å². The van der Waals surface area contributed by atoms with Gasteiger partial charge in [0.1, 0.15) is 5.82 Å². The average molecular weight is 1170 g/mol. The Kier molecular flexibility index (Phi) is 12.8. The summed E-state index contributed by atoms with van der Waals surface area (Å²) in [7, 11) is 0. The third-order valence-electron chi connectivity index (χ3n) is 14.7. The van der Waals surface area contributed by atoms with Crippen molar-refractivity contribution in [3.63, 3.8) is 0 Å². The zero-order valence-corrected chi connectivity index (χ0v) is 46.6. The van der Waals surface area contributed by atoms with Crippen LogP contribution in [0.4, 0.5) is 0 Å². The molecule has 76 heavy (non-hydrogen) atoms. The van der Waals surface area contributed by atoms with Crippen LogP contribution in [0.5, 0.6) is 0 Å². The van der Waals surface area contributed by atoms with Crippen LogP contribution in [0.3, 0.4) is 0 Å². The number of para-hydroxylation sites is 4. The molecule has 0 amide bonds. The molecule has 0 spiro atoms. The minimum atomic E-state index is 0. The number of aromatic nitrogens is 6. The molecule has 0 aliphatic rings. The van der Waals surface area contributed by atoms with Crippen molar-refractivity contribution in [3.8, 4) is 45.5 Å². The molecule has 6 nitrogen and oxygen atoms in total. The molecular weight excluding hydrogens is 1110 g/mol. The van der Waals surface area contributed by atoms with E-state index in [1.807, 2.05) is 12.1 Å². The van der Waals surface area contributed by atoms with Crippen LogP contribution in [-0.4, -0.2) is 24.1 Å². The molecular formula is C69H59AuN6. The maximum absolute atomic E-state index is 4.99. The molecule has 0 unspecified atom stereocenters. The number of hydrogen-bond donors (Lipinski definition) is 0. The van der Waals surface area contributed by atoms with E-state index < -0.39 is 0 Å². The first-order chi connectivity index (χ1) is 36.1. The zero-order chi connectivity index (χ0) is 51.8. The smallest absolute Gasteiger partial charge is 0.657 e. The summed E-state index contributed by atoms with van der Waals surface area (Å²) in [6, 6.07) is 75.8. The Labute approximate surface area is 461 Å². The molecule has 376 valence electrons. The van der Waals surface area contributed by atoms with Crippen LogP contribution in [-0.2, 0) is 38.6 Å². The summed E-state index contributed by atoms with van der Waals surface area (Å²) < 4.78 is 4.75. The van der Waals surface area contributed by atoms with Crippen LogP contribution in [0.2, 0.25) is 0 Å². The van der Waals surface area contributed by atoms with Gasteiger partial charge >= 0.3 is 22.4 Å². The summed E-state index contributed by atoms with van der Waals surface area (Å²) in [5.41, 5.74) is 15.8. The third-order valence-corrected chi connectivity index (χ3v) is 14.7. The van der Waals surface area contributed by atoms with E-state index in [1.165, 1.54) is 71.1 Å². The second kappa shape index (κ2) is 19.4. The number of hydrogen-bond acceptors (Lipinski definition) is 3. The van der Waals surface area contributed by atoms with Gasteiger partial charge in [0.05, 0.1) is 33.7 Å². The van der Waals surface area contributed by atoms with Crippen molar-refractivity contribution in [1.82, 2.24) is 29.1 Å². The Hall–Kier alpha value is -7.87. The maximum atomic E-state index is 4.99. The summed E-state index contributed by atoms with van der Waals surface area (Å²) in [6.45, 7) is 19.9. The van der Waals surface area contributed by atoms with Gasteiger partial charge in [-0.15, -0.1) is 81.8 Å². The van der Waals surface area contributed by atoms with Gasteiger partial charge in [-0.1, -0.05) is 172 Å². The summed E-state index contributed by atoms with van der Waals surface area (Å²) in [5.74, 6) is 1.88. The molecule has 0 bridgehead atoms. The maximum Gasteiger partial charge on any atom is 3.00 e. The van der Waals surface area contributed by atoms with Gasteiger partial charge in [-0.2, -0.15) is 0 Å². The summed E-state index contributed by atoms with van der Waals surface area (Å²) in [4.78, 5) is 19.6. The molecule has 13 aromatic rings. The standard InChI is InChI=1S/C36H22N3.C33H37N3.Au/c1-5-13-33-25(9-1)26-10-2-6-14-34(26)38(33)23-17-19-31-29(21-23)30-22-24(18-20-32(30)37-31)39-35-15-7-3-11-27(35)28-12-4-8-16-36(28)39;1-31(2,3)25-16-10-22(11-17-25)28-34-29(23-12-18-26(19-13-23)32(4,5)6)36-30(35-28)24-14-20-27(21-15-24)33(7,8)9;/h1-22H;10-12,14,16-21H,1-9H3;/q-1;-2;+3. The minimum absolute atomic E-state index is 0. The quantitative estimate of drug-likeness (QED) is 0.127. The summed E-state index contributed by atoms with van der Waals surface area (Å²) in [6.07, 6.45) is 0. The van der Waals surface area contributed by atoms with E-state index >= 15 is 0 Å². The van der Waals surface area contributed by atoms with Crippen molar-refractivity contribution in [1.29, 1.82) is 0 Å². The van der Waals surface area contributed by atoms with E-state index in [9.17, 15) is 0 Å². The molecule has 0 N–H and O–H groups in total. The van der Waals surface area contributed by atoms with Crippen LogP contribution in [0, 0.1) is 12.1 Å². The molecule has 7 heteroatoms. The Balaban J connectivity index is 0.000000161. The van der Waals surface area contributed by atoms with E-state index in [0.717, 1.165) is 39.1 Å². The van der Waals surface area contributed by atoms with Crippen molar-refractivity contribution < 1.29 is 22.4 Å². The fourth-order valence-corrected chi connectivity index (χ4v) is 10.4. The zero-order valence-electron chi connectivity index (χ0n) is 44.5. The molecule has 0 saturated heterocycles. The second-order valence-electron chi connectivity index (χ2n) is 22.9. The van der Waals surface area contributed by atoms with Crippen molar-refractivity contribution in [2.24, 2.45) is 0 Å². The molecule has 9 aromatic carbocycles. The first-order valence-corrected chi connectivity index (χ1v) is 26.0. The van der Waals surface area contributed by atoms with E-state index in [-0.39, 0.29) is 38.6 Å². The molecule has 4 aromatic heterocycles. The molecule has 0 aliphatic heterocycles. The minimum Gasteiger partial charge on any atom is -0.657 e. The second-order valence-corrected chi connectivity index (χ2v) is 22.9. The summed E-state index contributed by atoms with van der Waals surface area (Å²) >= 11 is 0.